The molecule has 0 fully saturated rings. The zero-order chi connectivity index (χ0) is 6.10. The van der Waals surface area contributed by atoms with E-state index in [0.29, 0.717) is 5.65 Å². The summed E-state index contributed by atoms with van der Waals surface area (Å²) in [5.41, 5.74) is 0.713. The third-order valence-corrected chi connectivity index (χ3v) is 0.989. The summed E-state index contributed by atoms with van der Waals surface area (Å²) < 4.78 is 1.50. The molecule has 0 bridgehead atoms. The van der Waals surface area contributed by atoms with Crippen molar-refractivity contribution in [2.75, 3.05) is 0 Å². The molecule has 0 saturated heterocycles. The summed E-state index contributed by atoms with van der Waals surface area (Å²) in [6.07, 6.45) is 4.58. The van der Waals surface area contributed by atoms with Crippen molar-refractivity contribution in [3.63, 3.8) is 0 Å². The fraction of sp³-hybridized carbons (Fsp3) is 0. The van der Waals surface area contributed by atoms with Crippen molar-refractivity contribution < 1.29 is 0 Å². The summed E-state index contributed by atoms with van der Waals surface area (Å²) in [5.74, 6) is 0. The van der Waals surface area contributed by atoms with Crippen molar-refractivity contribution in [3.8, 4) is 0 Å². The van der Waals surface area contributed by atoms with Crippen LogP contribution >= 0.6 is 0 Å². The van der Waals surface area contributed by atoms with E-state index in [1.807, 2.05) is 0 Å². The first-order valence-electron chi connectivity index (χ1n) is 2.43. The van der Waals surface area contributed by atoms with Gasteiger partial charge >= 0.3 is 0 Å². The number of hydrogen-bond acceptors (Lipinski definition) is 4. The Bertz CT molecular complexity index is 283. The Balaban J connectivity index is 2.95. The zero-order valence-corrected chi connectivity index (χ0v) is 4.47. The lowest BCUT2D eigenvalue weighted by Crippen LogP contribution is -1.89. The predicted molar refractivity (Wildman–Crippen MR) is 28.6 cm³/mol. The van der Waals surface area contributed by atoms with Crippen LogP contribution in [0.25, 0.3) is 5.65 Å². The molecule has 0 unspecified atom stereocenters. The molecule has 0 spiro atoms. The highest BCUT2D eigenvalue weighted by molar-refractivity contribution is 5.29. The second kappa shape index (κ2) is 1.48. The molecule has 0 N–H and O–H groups in total. The minimum atomic E-state index is 0.713. The molecule has 0 saturated carbocycles. The van der Waals surface area contributed by atoms with Crippen molar-refractivity contribution in [2.24, 2.45) is 0 Å². The summed E-state index contributed by atoms with van der Waals surface area (Å²) in [6, 6.07) is 0. The number of hydrogen-bond donors (Lipinski definition) is 0. The molecule has 0 aliphatic carbocycles. The fourth-order valence-corrected chi connectivity index (χ4v) is 0.598. The van der Waals surface area contributed by atoms with Crippen molar-refractivity contribution in [2.45, 2.75) is 0 Å². The molecule has 5 heteroatoms. The van der Waals surface area contributed by atoms with Gasteiger partial charge in [-0.05, 0) is 0 Å². The quantitative estimate of drug-likeness (QED) is 0.472. The molecular weight excluding hydrogens is 118 g/mol. The fourth-order valence-electron chi connectivity index (χ4n) is 0.598. The maximum Gasteiger partial charge on any atom is 0.178 e. The monoisotopic (exact) mass is 121 g/mol. The molecular formula is C4H3N5. The van der Waals surface area contributed by atoms with Gasteiger partial charge in [-0.15, -0.1) is 5.10 Å². The van der Waals surface area contributed by atoms with E-state index in [2.05, 4.69) is 20.3 Å². The van der Waals surface area contributed by atoms with Crippen LogP contribution in [-0.4, -0.2) is 24.8 Å². The Morgan fingerprint density at radius 3 is 3.33 bits per heavy atom. The normalized spacial score (nSPS) is 10.2. The van der Waals surface area contributed by atoms with E-state index in [4.69, 9.17) is 0 Å². The Labute approximate surface area is 50.4 Å². The van der Waals surface area contributed by atoms with Gasteiger partial charge < -0.3 is 0 Å². The number of fused-ring (bicyclic) bond motifs is 1. The molecule has 0 radical (unpaired) electrons. The van der Waals surface area contributed by atoms with E-state index in [-0.39, 0.29) is 0 Å². The molecule has 2 rings (SSSR count). The van der Waals surface area contributed by atoms with E-state index in [1.54, 1.807) is 12.5 Å². The molecule has 5 nitrogen and oxygen atoms in total. The van der Waals surface area contributed by atoms with Gasteiger partial charge in [0.2, 0.25) is 0 Å². The van der Waals surface area contributed by atoms with Crippen LogP contribution < -0.4 is 0 Å². The molecule has 0 atom stereocenters. The molecule has 9 heavy (non-hydrogen) atoms. The summed E-state index contributed by atoms with van der Waals surface area (Å²) in [4.78, 5) is 7.60. The molecule has 2 aromatic heterocycles. The summed E-state index contributed by atoms with van der Waals surface area (Å²) >= 11 is 0. The first kappa shape index (κ1) is 4.37. The molecule has 0 aliphatic rings. The van der Waals surface area contributed by atoms with Crippen LogP contribution in [0.1, 0.15) is 0 Å². The van der Waals surface area contributed by atoms with Gasteiger partial charge in [-0.3, -0.25) is 0 Å². The minimum Gasteiger partial charge on any atom is -0.225 e. The Kier molecular flexibility index (Phi) is 0.717. The van der Waals surface area contributed by atoms with E-state index < -0.39 is 0 Å². The maximum absolute atomic E-state index is 3.87. The molecule has 0 amide bonds. The average molecular weight is 121 g/mol. The predicted octanol–water partition coefficient (Wildman–Crippen LogP) is -0.481. The Morgan fingerprint density at radius 1 is 1.44 bits per heavy atom. The van der Waals surface area contributed by atoms with Crippen LogP contribution in [0, 0.1) is 0 Å². The van der Waals surface area contributed by atoms with Crippen molar-refractivity contribution >= 4 is 5.65 Å². The van der Waals surface area contributed by atoms with E-state index in [1.165, 1.54) is 10.8 Å². The first-order valence-corrected chi connectivity index (χ1v) is 2.43. The average Bonchev–Trinajstić information content (AvgIpc) is 2.33. The highest BCUT2D eigenvalue weighted by Crippen LogP contribution is 1.87. The van der Waals surface area contributed by atoms with Gasteiger partial charge in [-0.1, -0.05) is 5.21 Å². The first-order chi connectivity index (χ1) is 4.47. The maximum atomic E-state index is 3.87. The summed E-state index contributed by atoms with van der Waals surface area (Å²) in [7, 11) is 0. The van der Waals surface area contributed by atoms with Gasteiger partial charge in [-0.25, -0.2) is 9.97 Å². The minimum absolute atomic E-state index is 0.713. The van der Waals surface area contributed by atoms with Gasteiger partial charge in [-0.2, -0.15) is 4.52 Å². The van der Waals surface area contributed by atoms with Crippen molar-refractivity contribution in [1.82, 2.24) is 24.8 Å². The highest BCUT2D eigenvalue weighted by Gasteiger charge is 1.89. The summed E-state index contributed by atoms with van der Waals surface area (Å²) in [6.45, 7) is 0. The third-order valence-electron chi connectivity index (χ3n) is 0.989. The number of aromatic nitrogens is 5. The van der Waals surface area contributed by atoms with Crippen LogP contribution in [0.2, 0.25) is 0 Å². The van der Waals surface area contributed by atoms with Crippen LogP contribution in [0.4, 0.5) is 0 Å². The van der Waals surface area contributed by atoms with Crippen LogP contribution in [0.3, 0.4) is 0 Å². The van der Waals surface area contributed by atoms with E-state index in [0.717, 1.165) is 0 Å². The third kappa shape index (κ3) is 0.543. The van der Waals surface area contributed by atoms with E-state index in [9.17, 15) is 0 Å². The van der Waals surface area contributed by atoms with Crippen LogP contribution in [0.5, 0.6) is 0 Å². The number of rotatable bonds is 0. The van der Waals surface area contributed by atoms with Gasteiger partial charge in [0, 0.05) is 0 Å². The lowest BCUT2D eigenvalue weighted by molar-refractivity contribution is 0.820. The topological polar surface area (TPSA) is 56.0 Å². The lowest BCUT2D eigenvalue weighted by Gasteiger charge is -1.82. The highest BCUT2D eigenvalue weighted by atomic mass is 15.4. The second-order valence-electron chi connectivity index (χ2n) is 1.55. The lowest BCUT2D eigenvalue weighted by atomic mass is 10.8. The van der Waals surface area contributed by atoms with Crippen LogP contribution in [-0.2, 0) is 0 Å². The molecule has 0 aromatic carbocycles. The SMILES string of the molecule is c1ncn2nncc2n1. The number of nitrogens with zero attached hydrogens (tertiary/aromatic N) is 5. The Hall–Kier alpha value is -1.52. The van der Waals surface area contributed by atoms with Gasteiger partial charge in [0.25, 0.3) is 0 Å². The standard InChI is InChI=1S/C4H3N5/c1-4-6-2-5-3-9(4)8-7-1/h1-3H. The molecule has 0 aliphatic heterocycles. The molecule has 2 heterocycles. The van der Waals surface area contributed by atoms with E-state index >= 15 is 0 Å². The largest absolute Gasteiger partial charge is 0.225 e. The van der Waals surface area contributed by atoms with Gasteiger partial charge in [0.15, 0.2) is 5.65 Å². The molecule has 44 valence electrons. The summed E-state index contributed by atoms with van der Waals surface area (Å²) in [5, 5.41) is 7.27. The van der Waals surface area contributed by atoms with Crippen molar-refractivity contribution in [3.05, 3.63) is 18.9 Å². The molecule has 2 aromatic rings. The van der Waals surface area contributed by atoms with Crippen molar-refractivity contribution in [1.29, 1.82) is 0 Å². The van der Waals surface area contributed by atoms with Gasteiger partial charge in [0.1, 0.15) is 12.7 Å². The van der Waals surface area contributed by atoms with Crippen LogP contribution in [0.15, 0.2) is 18.9 Å². The Morgan fingerprint density at radius 2 is 2.44 bits per heavy atom. The van der Waals surface area contributed by atoms with Gasteiger partial charge in [0.05, 0.1) is 6.20 Å². The zero-order valence-electron chi connectivity index (χ0n) is 4.47. The second-order valence-corrected chi connectivity index (χ2v) is 1.55. The smallest absolute Gasteiger partial charge is 0.178 e.